The lowest BCUT2D eigenvalue weighted by atomic mass is 10.1. The van der Waals surface area contributed by atoms with Crippen LogP contribution >= 0.6 is 11.8 Å². The number of hydrogen-bond donors (Lipinski definition) is 0. The normalized spacial score (nSPS) is 27.5. The molecule has 1 rings (SSSR count). The minimum Gasteiger partial charge on any atom is -0.458 e. The van der Waals surface area contributed by atoms with Crippen molar-refractivity contribution in [3.05, 3.63) is 0 Å². The number of esters is 4. The van der Waals surface area contributed by atoms with Gasteiger partial charge in [0.05, 0.1) is 0 Å². The Morgan fingerprint density at radius 2 is 1.18 bits per heavy atom. The lowest BCUT2D eigenvalue weighted by molar-refractivity contribution is -0.191. The van der Waals surface area contributed by atoms with Crippen LogP contribution in [0.1, 0.15) is 27.7 Å². The predicted octanol–water partition coefficient (Wildman–Crippen LogP) is 0.417. The van der Waals surface area contributed by atoms with E-state index in [1.807, 2.05) is 0 Å². The molecule has 1 aliphatic heterocycles. The monoisotopic (exact) mass is 334 g/mol. The molecule has 22 heavy (non-hydrogen) atoms. The summed E-state index contributed by atoms with van der Waals surface area (Å²) in [6.45, 7) is 4.78. The molecule has 0 aliphatic carbocycles. The van der Waals surface area contributed by atoms with Crippen LogP contribution in [0.4, 0.5) is 0 Å². The molecule has 8 nitrogen and oxygen atoms in total. The van der Waals surface area contributed by atoms with Crippen molar-refractivity contribution < 1.29 is 38.1 Å². The Bertz CT molecular complexity index is 421. The van der Waals surface area contributed by atoms with Crippen LogP contribution in [-0.2, 0) is 38.1 Å². The van der Waals surface area contributed by atoms with E-state index in [1.54, 1.807) is 0 Å². The van der Waals surface area contributed by atoms with Crippen molar-refractivity contribution in [3.8, 4) is 0 Å². The summed E-state index contributed by atoms with van der Waals surface area (Å²) in [6, 6.07) is 0. The molecular weight excluding hydrogens is 316 g/mol. The van der Waals surface area contributed by atoms with Gasteiger partial charge in [0.15, 0.2) is 23.7 Å². The molecule has 0 aromatic carbocycles. The minimum atomic E-state index is -1.06. The third-order valence-electron chi connectivity index (χ3n) is 2.59. The zero-order valence-corrected chi connectivity index (χ0v) is 13.5. The summed E-state index contributed by atoms with van der Waals surface area (Å²) < 4.78 is 20.4. The average Bonchev–Trinajstić information content (AvgIpc) is 2.34. The lowest BCUT2D eigenvalue weighted by Crippen LogP contribution is -2.55. The standard InChI is InChI=1S/C13H18O8S/c1-6(14)18-10-5-22-13(21-9(4)17)12(20-8(3)16)11(10)19-7(2)15/h10-13H,5H2,1-4H3/t10-,11-,12-,13+/m1/s1. The lowest BCUT2D eigenvalue weighted by Gasteiger charge is -2.39. The molecule has 0 bridgehead atoms. The highest BCUT2D eigenvalue weighted by Crippen LogP contribution is 2.33. The van der Waals surface area contributed by atoms with Gasteiger partial charge in [0, 0.05) is 33.4 Å². The summed E-state index contributed by atoms with van der Waals surface area (Å²) >= 11 is 1.13. The van der Waals surface area contributed by atoms with E-state index in [1.165, 1.54) is 27.7 Å². The number of thioether (sulfide) groups is 1. The largest absolute Gasteiger partial charge is 0.458 e. The van der Waals surface area contributed by atoms with Crippen LogP contribution in [0.3, 0.4) is 0 Å². The molecule has 0 aromatic rings. The fourth-order valence-corrected chi connectivity index (χ4v) is 3.21. The van der Waals surface area contributed by atoms with Gasteiger partial charge in [-0.1, -0.05) is 0 Å². The Hall–Kier alpha value is -1.77. The van der Waals surface area contributed by atoms with Crippen molar-refractivity contribution in [2.24, 2.45) is 0 Å². The van der Waals surface area contributed by atoms with Crippen LogP contribution in [0, 0.1) is 0 Å². The molecule has 1 heterocycles. The highest BCUT2D eigenvalue weighted by Gasteiger charge is 2.47. The Morgan fingerprint density at radius 3 is 1.64 bits per heavy atom. The van der Waals surface area contributed by atoms with Crippen LogP contribution in [0.5, 0.6) is 0 Å². The average molecular weight is 334 g/mol. The molecule has 1 fully saturated rings. The molecule has 0 amide bonds. The Balaban J connectivity index is 3.03. The number of carbonyl (C=O) groups excluding carboxylic acids is 4. The first-order valence-corrected chi connectivity index (χ1v) is 7.56. The molecule has 0 radical (unpaired) electrons. The van der Waals surface area contributed by atoms with E-state index in [4.69, 9.17) is 18.9 Å². The third-order valence-corrected chi connectivity index (χ3v) is 3.80. The molecule has 0 saturated carbocycles. The van der Waals surface area contributed by atoms with Crippen molar-refractivity contribution in [1.82, 2.24) is 0 Å². The predicted molar refractivity (Wildman–Crippen MR) is 74.7 cm³/mol. The van der Waals surface area contributed by atoms with Crippen LogP contribution in [0.2, 0.25) is 0 Å². The molecule has 0 N–H and O–H groups in total. The Kier molecular flexibility index (Phi) is 6.66. The molecule has 0 spiro atoms. The van der Waals surface area contributed by atoms with E-state index in [9.17, 15) is 19.2 Å². The quantitative estimate of drug-likeness (QED) is 0.534. The van der Waals surface area contributed by atoms with Crippen LogP contribution in [0.15, 0.2) is 0 Å². The molecular formula is C13H18O8S. The summed E-state index contributed by atoms with van der Waals surface area (Å²) in [5.74, 6) is -2.17. The number of rotatable bonds is 4. The fourth-order valence-electron chi connectivity index (χ4n) is 1.97. The van der Waals surface area contributed by atoms with Crippen molar-refractivity contribution in [1.29, 1.82) is 0 Å². The first-order valence-electron chi connectivity index (χ1n) is 6.51. The molecule has 1 aliphatic rings. The maximum Gasteiger partial charge on any atom is 0.303 e. The Morgan fingerprint density at radius 1 is 0.727 bits per heavy atom. The number of hydrogen-bond acceptors (Lipinski definition) is 9. The molecule has 0 aromatic heterocycles. The van der Waals surface area contributed by atoms with Gasteiger partial charge in [0.1, 0.15) is 0 Å². The van der Waals surface area contributed by atoms with E-state index >= 15 is 0 Å². The summed E-state index contributed by atoms with van der Waals surface area (Å²) in [4.78, 5) is 44.9. The van der Waals surface area contributed by atoms with Gasteiger partial charge in [0.25, 0.3) is 0 Å². The summed E-state index contributed by atoms with van der Waals surface area (Å²) in [7, 11) is 0. The smallest absolute Gasteiger partial charge is 0.303 e. The van der Waals surface area contributed by atoms with Crippen LogP contribution in [-0.4, -0.2) is 53.4 Å². The van der Waals surface area contributed by atoms with Gasteiger partial charge < -0.3 is 18.9 Å². The zero-order chi connectivity index (χ0) is 16.9. The number of ether oxygens (including phenoxy) is 4. The first-order chi connectivity index (χ1) is 10.2. The highest BCUT2D eigenvalue weighted by atomic mass is 32.2. The van der Waals surface area contributed by atoms with Gasteiger partial charge >= 0.3 is 23.9 Å². The SMILES string of the molecule is CC(=O)O[C@@H]1[C@H](OC(C)=O)[C@H](OC(C)=O)CS[C@@H]1OC(C)=O. The van der Waals surface area contributed by atoms with Crippen LogP contribution in [0.25, 0.3) is 0 Å². The molecule has 9 heteroatoms. The second kappa shape index (κ2) is 8.02. The maximum absolute atomic E-state index is 11.3. The highest BCUT2D eigenvalue weighted by molar-refractivity contribution is 7.99. The van der Waals surface area contributed by atoms with Crippen molar-refractivity contribution in [2.75, 3.05) is 5.75 Å². The maximum atomic E-state index is 11.3. The van der Waals surface area contributed by atoms with Crippen LogP contribution < -0.4 is 0 Å². The number of carbonyl (C=O) groups is 4. The van der Waals surface area contributed by atoms with E-state index in [2.05, 4.69) is 0 Å². The summed E-state index contributed by atoms with van der Waals surface area (Å²) in [5, 5.41) is 0. The topological polar surface area (TPSA) is 105 Å². The van der Waals surface area contributed by atoms with E-state index in [0.717, 1.165) is 11.8 Å². The molecule has 0 unspecified atom stereocenters. The zero-order valence-electron chi connectivity index (χ0n) is 12.7. The van der Waals surface area contributed by atoms with Crippen molar-refractivity contribution in [2.45, 2.75) is 51.4 Å². The first kappa shape index (κ1) is 18.3. The van der Waals surface area contributed by atoms with Gasteiger partial charge in [-0.05, 0) is 0 Å². The third kappa shape index (κ3) is 5.55. The minimum absolute atomic E-state index is 0.229. The second-order valence-electron chi connectivity index (χ2n) is 4.61. The fraction of sp³-hybridized carbons (Fsp3) is 0.692. The van der Waals surface area contributed by atoms with Gasteiger partial charge in [-0.3, -0.25) is 19.2 Å². The van der Waals surface area contributed by atoms with Gasteiger partial charge in [-0.25, -0.2) is 0 Å². The summed E-state index contributed by atoms with van der Waals surface area (Å²) in [5.41, 5.74) is -0.849. The van der Waals surface area contributed by atoms with E-state index in [0.29, 0.717) is 0 Å². The van der Waals surface area contributed by atoms with Crippen molar-refractivity contribution in [3.63, 3.8) is 0 Å². The van der Waals surface area contributed by atoms with Gasteiger partial charge in [0.2, 0.25) is 0 Å². The Labute approximate surface area is 131 Å². The summed E-state index contributed by atoms with van der Waals surface area (Å²) in [6.07, 6.45) is -2.91. The second-order valence-corrected chi connectivity index (χ2v) is 5.74. The van der Waals surface area contributed by atoms with Gasteiger partial charge in [-0.15, -0.1) is 11.8 Å². The van der Waals surface area contributed by atoms with Gasteiger partial charge in [-0.2, -0.15) is 0 Å². The van der Waals surface area contributed by atoms with Crippen molar-refractivity contribution >= 4 is 35.6 Å². The van der Waals surface area contributed by atoms with E-state index < -0.39 is 47.6 Å². The van der Waals surface area contributed by atoms with E-state index in [-0.39, 0.29) is 5.75 Å². The molecule has 1 saturated heterocycles. The molecule has 4 atom stereocenters. The molecule has 124 valence electrons.